The summed E-state index contributed by atoms with van der Waals surface area (Å²) < 4.78 is 5.38. The highest BCUT2D eigenvalue weighted by Crippen LogP contribution is 2.44. The molecule has 1 aliphatic carbocycles. The lowest BCUT2D eigenvalue weighted by Crippen LogP contribution is -2.41. The Balaban J connectivity index is 1.74. The Morgan fingerprint density at radius 2 is 2.04 bits per heavy atom. The molecule has 1 saturated carbocycles. The van der Waals surface area contributed by atoms with Gasteiger partial charge in [0.15, 0.2) is 0 Å². The van der Waals surface area contributed by atoms with Gasteiger partial charge < -0.3 is 19.8 Å². The number of ether oxygens (including phenoxy) is 1. The van der Waals surface area contributed by atoms with Crippen LogP contribution < -0.4 is 4.74 Å². The zero-order valence-corrected chi connectivity index (χ0v) is 15.6. The zero-order chi connectivity index (χ0) is 19.0. The molecule has 0 bridgehead atoms. The number of aliphatic hydroxyl groups excluding tert-OH is 2. The molecule has 1 aliphatic heterocycles. The van der Waals surface area contributed by atoms with Crippen LogP contribution in [0.4, 0.5) is 0 Å². The molecule has 27 heavy (non-hydrogen) atoms. The monoisotopic (exact) mass is 370 g/mol. The number of rotatable bonds is 2. The van der Waals surface area contributed by atoms with Crippen molar-refractivity contribution in [3.63, 3.8) is 0 Å². The number of hydrogen-bond acceptors (Lipinski definition) is 5. The van der Waals surface area contributed by atoms with Crippen LogP contribution in [0, 0.1) is 5.41 Å². The topological polar surface area (TPSA) is 82.9 Å². The summed E-state index contributed by atoms with van der Waals surface area (Å²) in [4.78, 5) is 19.4. The van der Waals surface area contributed by atoms with E-state index in [0.29, 0.717) is 24.3 Å². The van der Waals surface area contributed by atoms with Crippen LogP contribution in [0.2, 0.25) is 0 Å². The number of carbonyl (C=O) groups excluding carboxylic acids is 1. The van der Waals surface area contributed by atoms with Crippen LogP contribution in [0.3, 0.4) is 0 Å². The van der Waals surface area contributed by atoms with Crippen LogP contribution in [0.15, 0.2) is 30.6 Å². The van der Waals surface area contributed by atoms with Crippen molar-refractivity contribution in [1.29, 1.82) is 0 Å². The number of β-amino-alcohol motifs (C(OH)–C–C–N with tert-alkyl or cyclic N) is 1. The molecule has 2 N–H and O–H groups in total. The molecule has 4 rings (SSSR count). The van der Waals surface area contributed by atoms with Gasteiger partial charge in [-0.05, 0) is 48.3 Å². The van der Waals surface area contributed by atoms with Crippen molar-refractivity contribution in [2.45, 2.75) is 44.3 Å². The average Bonchev–Trinajstić information content (AvgIpc) is 3.08. The summed E-state index contributed by atoms with van der Waals surface area (Å²) in [6.07, 6.45) is 6.41. The van der Waals surface area contributed by atoms with Crippen LogP contribution in [0.1, 0.15) is 42.5 Å². The number of aromatic nitrogens is 1. The number of nitrogens with zero attached hydrogens (tertiary/aromatic N) is 2. The second-order valence-electron chi connectivity index (χ2n) is 8.00. The molecule has 2 fully saturated rings. The summed E-state index contributed by atoms with van der Waals surface area (Å²) in [5.41, 5.74) is 0.425. The third-order valence-corrected chi connectivity index (χ3v) is 6.17. The maximum absolute atomic E-state index is 13.5. The molecule has 1 aromatic heterocycles. The van der Waals surface area contributed by atoms with Gasteiger partial charge in [-0.1, -0.05) is 12.8 Å². The Bertz CT molecular complexity index is 847. The van der Waals surface area contributed by atoms with Gasteiger partial charge in [-0.2, -0.15) is 0 Å². The van der Waals surface area contributed by atoms with Gasteiger partial charge in [0.05, 0.1) is 24.9 Å². The summed E-state index contributed by atoms with van der Waals surface area (Å²) in [7, 11) is 1.58. The third kappa shape index (κ3) is 3.39. The van der Waals surface area contributed by atoms with Crippen molar-refractivity contribution in [2.24, 2.45) is 5.41 Å². The number of amides is 1. The molecule has 6 nitrogen and oxygen atoms in total. The van der Waals surface area contributed by atoms with Gasteiger partial charge in [0.2, 0.25) is 0 Å². The lowest BCUT2D eigenvalue weighted by atomic mass is 9.80. The van der Waals surface area contributed by atoms with Gasteiger partial charge in [-0.25, -0.2) is 0 Å². The maximum Gasteiger partial charge on any atom is 0.254 e. The van der Waals surface area contributed by atoms with E-state index in [9.17, 15) is 15.0 Å². The first kappa shape index (κ1) is 18.2. The Morgan fingerprint density at radius 3 is 2.78 bits per heavy atom. The predicted molar refractivity (Wildman–Crippen MR) is 102 cm³/mol. The van der Waals surface area contributed by atoms with Crippen molar-refractivity contribution >= 4 is 16.7 Å². The third-order valence-electron chi connectivity index (χ3n) is 6.17. The molecule has 2 aromatic rings. The normalized spacial score (nSPS) is 24.9. The van der Waals surface area contributed by atoms with E-state index >= 15 is 0 Å². The van der Waals surface area contributed by atoms with Crippen LogP contribution >= 0.6 is 0 Å². The average molecular weight is 370 g/mol. The highest BCUT2D eigenvalue weighted by Gasteiger charge is 2.43. The standard InChI is InChI=1S/C21H26N2O4/c1-27-15-8-14-4-7-22-11-17(14)16(9-15)20(26)23-12-19(25)18(24)10-21(13-23)5-2-3-6-21/h4,7-9,11,18-19,24-25H,2-3,5-6,10,12-13H2,1H3/t18-,19+/m0/s1. The number of benzene rings is 1. The molecule has 144 valence electrons. The Hall–Kier alpha value is -2.18. The van der Waals surface area contributed by atoms with E-state index in [1.165, 1.54) is 0 Å². The lowest BCUT2D eigenvalue weighted by Gasteiger charge is -2.33. The van der Waals surface area contributed by atoms with E-state index in [1.54, 1.807) is 30.5 Å². The van der Waals surface area contributed by atoms with E-state index < -0.39 is 12.2 Å². The second kappa shape index (κ2) is 7.09. The van der Waals surface area contributed by atoms with Gasteiger partial charge in [-0.3, -0.25) is 9.78 Å². The molecule has 1 aromatic carbocycles. The zero-order valence-electron chi connectivity index (χ0n) is 15.6. The minimum Gasteiger partial charge on any atom is -0.497 e. The number of pyridine rings is 1. The Morgan fingerprint density at radius 1 is 1.26 bits per heavy atom. The van der Waals surface area contributed by atoms with E-state index in [0.717, 1.165) is 36.5 Å². The quantitative estimate of drug-likeness (QED) is 0.848. The molecule has 2 heterocycles. The minimum atomic E-state index is -0.927. The maximum atomic E-state index is 13.5. The molecule has 1 amide bonds. The number of hydrogen-bond donors (Lipinski definition) is 2. The van der Waals surface area contributed by atoms with Crippen LogP contribution in [0.25, 0.3) is 10.8 Å². The van der Waals surface area contributed by atoms with E-state index in [4.69, 9.17) is 4.74 Å². The van der Waals surface area contributed by atoms with E-state index in [-0.39, 0.29) is 17.9 Å². The molecule has 0 radical (unpaired) electrons. The summed E-state index contributed by atoms with van der Waals surface area (Å²) in [5.74, 6) is 0.467. The van der Waals surface area contributed by atoms with Crippen LogP contribution in [-0.2, 0) is 0 Å². The van der Waals surface area contributed by atoms with Crippen molar-refractivity contribution < 1.29 is 19.7 Å². The molecule has 2 atom stereocenters. The molecule has 2 aliphatic rings. The van der Waals surface area contributed by atoms with Crippen molar-refractivity contribution in [3.05, 3.63) is 36.2 Å². The number of carbonyl (C=O) groups is 1. The first-order chi connectivity index (χ1) is 13.0. The lowest BCUT2D eigenvalue weighted by molar-refractivity contribution is 0.00162. The fourth-order valence-electron chi connectivity index (χ4n) is 4.74. The molecule has 6 heteroatoms. The number of aliphatic hydroxyl groups is 2. The summed E-state index contributed by atoms with van der Waals surface area (Å²) >= 11 is 0. The molecular weight excluding hydrogens is 344 g/mol. The summed E-state index contributed by atoms with van der Waals surface area (Å²) in [6, 6.07) is 5.47. The SMILES string of the molecule is COc1cc(C(=O)N2C[C@@H](O)[C@@H](O)CC3(CCCC3)C2)c2cnccc2c1. The van der Waals surface area contributed by atoms with Crippen molar-refractivity contribution in [2.75, 3.05) is 20.2 Å². The van der Waals surface area contributed by atoms with Gasteiger partial charge >= 0.3 is 0 Å². The number of methoxy groups -OCH3 is 1. The van der Waals surface area contributed by atoms with Crippen LogP contribution in [-0.4, -0.2) is 58.4 Å². The first-order valence-corrected chi connectivity index (χ1v) is 9.58. The highest BCUT2D eigenvalue weighted by molar-refractivity contribution is 6.07. The fraction of sp³-hybridized carbons (Fsp3) is 0.524. The van der Waals surface area contributed by atoms with Crippen LogP contribution in [0.5, 0.6) is 5.75 Å². The predicted octanol–water partition coefficient (Wildman–Crippen LogP) is 2.37. The van der Waals surface area contributed by atoms with E-state index in [1.807, 2.05) is 12.1 Å². The Kier molecular flexibility index (Phi) is 4.78. The summed E-state index contributed by atoms with van der Waals surface area (Å²) in [6.45, 7) is 0.708. The van der Waals surface area contributed by atoms with Crippen molar-refractivity contribution in [3.8, 4) is 5.75 Å². The van der Waals surface area contributed by atoms with Gasteiger partial charge in [0.1, 0.15) is 5.75 Å². The number of likely N-dealkylation sites (tertiary alicyclic amines) is 1. The summed E-state index contributed by atoms with van der Waals surface area (Å²) in [5, 5.41) is 22.4. The molecule has 1 spiro atoms. The molecule has 1 saturated heterocycles. The smallest absolute Gasteiger partial charge is 0.254 e. The Labute approximate surface area is 158 Å². The largest absolute Gasteiger partial charge is 0.497 e. The van der Waals surface area contributed by atoms with Gasteiger partial charge in [0, 0.05) is 30.9 Å². The fourth-order valence-corrected chi connectivity index (χ4v) is 4.74. The van der Waals surface area contributed by atoms with Gasteiger partial charge in [-0.15, -0.1) is 0 Å². The first-order valence-electron chi connectivity index (χ1n) is 9.58. The second-order valence-corrected chi connectivity index (χ2v) is 8.00. The molecular formula is C21H26N2O4. The number of fused-ring (bicyclic) bond motifs is 1. The highest BCUT2D eigenvalue weighted by atomic mass is 16.5. The van der Waals surface area contributed by atoms with Gasteiger partial charge in [0.25, 0.3) is 5.91 Å². The van der Waals surface area contributed by atoms with Crippen molar-refractivity contribution in [1.82, 2.24) is 9.88 Å². The minimum absolute atomic E-state index is 0.0977. The van der Waals surface area contributed by atoms with E-state index in [2.05, 4.69) is 4.98 Å². The molecule has 0 unspecified atom stereocenters.